The zero-order valence-electron chi connectivity index (χ0n) is 9.19. The van der Waals surface area contributed by atoms with Crippen molar-refractivity contribution in [3.8, 4) is 0 Å². The largest absolute Gasteiger partial charge is 0.481 e. The van der Waals surface area contributed by atoms with E-state index in [4.69, 9.17) is 5.11 Å². The molecule has 1 aromatic carbocycles. The van der Waals surface area contributed by atoms with Crippen molar-refractivity contribution in [1.29, 1.82) is 0 Å². The molecule has 0 aliphatic rings. The van der Waals surface area contributed by atoms with E-state index in [2.05, 4.69) is 0 Å². The maximum Gasteiger partial charge on any atom is 0.316 e. The highest BCUT2D eigenvalue weighted by Crippen LogP contribution is 2.25. The summed E-state index contributed by atoms with van der Waals surface area (Å²) < 4.78 is 22.8. The Bertz CT molecular complexity index is 556. The number of hydrogen-bond donors (Lipinski definition) is 1. The summed E-state index contributed by atoms with van der Waals surface area (Å²) in [5.74, 6) is -2.03. The predicted molar refractivity (Wildman–Crippen MR) is 64.3 cm³/mol. The fourth-order valence-electron chi connectivity index (χ4n) is 1.20. The van der Waals surface area contributed by atoms with Gasteiger partial charge in [0.15, 0.2) is 0 Å². The molecule has 0 saturated carbocycles. The van der Waals surface area contributed by atoms with Crippen LogP contribution in [0.2, 0.25) is 0 Å². The van der Waals surface area contributed by atoms with Crippen molar-refractivity contribution >= 4 is 33.3 Å². The number of benzene rings is 1. The Hall–Kier alpha value is -1.61. The molecule has 7 nitrogen and oxygen atoms in total. The van der Waals surface area contributed by atoms with Gasteiger partial charge in [0.2, 0.25) is 0 Å². The van der Waals surface area contributed by atoms with Crippen LogP contribution in [0.3, 0.4) is 0 Å². The molecular formula is C9H9NO6S2. The third kappa shape index (κ3) is 3.44. The monoisotopic (exact) mass is 291 g/mol. The Labute approximate surface area is 107 Å². The number of carboxylic acids is 1. The van der Waals surface area contributed by atoms with Crippen LogP contribution in [0.4, 0.5) is 5.69 Å². The van der Waals surface area contributed by atoms with E-state index in [-0.39, 0.29) is 9.79 Å². The van der Waals surface area contributed by atoms with Gasteiger partial charge < -0.3 is 5.11 Å². The zero-order chi connectivity index (χ0) is 13.9. The van der Waals surface area contributed by atoms with E-state index in [1.165, 1.54) is 18.4 Å². The minimum absolute atomic E-state index is 0.184. The lowest BCUT2D eigenvalue weighted by Gasteiger charge is -2.03. The minimum atomic E-state index is -2.01. The van der Waals surface area contributed by atoms with Crippen molar-refractivity contribution in [2.24, 2.45) is 0 Å². The Morgan fingerprint density at radius 3 is 2.50 bits per heavy atom. The van der Waals surface area contributed by atoms with Crippen molar-refractivity contribution in [2.75, 3.05) is 12.0 Å². The minimum Gasteiger partial charge on any atom is -0.481 e. The standard InChI is InChI=1S/C9H9NO6S2/c1-17(15)6-2-3-8(7(4-6)10(13)14)18(16)5-9(11)12/h2-4H,5H2,1H3,(H,11,12)/t17-,18-/m0/s1. The highest BCUT2D eigenvalue weighted by Gasteiger charge is 2.22. The van der Waals surface area contributed by atoms with Gasteiger partial charge in [-0.05, 0) is 12.1 Å². The predicted octanol–water partition coefficient (Wildman–Crippen LogP) is 0.524. The van der Waals surface area contributed by atoms with Gasteiger partial charge in [-0.1, -0.05) is 0 Å². The number of nitrogens with zero attached hydrogens (tertiary/aromatic N) is 1. The van der Waals surface area contributed by atoms with E-state index in [0.29, 0.717) is 0 Å². The Balaban J connectivity index is 3.27. The number of nitro groups is 1. The van der Waals surface area contributed by atoms with E-state index in [1.54, 1.807) is 0 Å². The van der Waals surface area contributed by atoms with Gasteiger partial charge in [-0.15, -0.1) is 0 Å². The molecule has 0 unspecified atom stereocenters. The quantitative estimate of drug-likeness (QED) is 0.625. The fourth-order valence-corrected chi connectivity index (χ4v) is 2.70. The SMILES string of the molecule is C[S@](=O)c1ccc([S@@](=O)CC(=O)O)c([N+](=O)[O-])c1. The summed E-state index contributed by atoms with van der Waals surface area (Å²) in [6.45, 7) is 0. The average Bonchev–Trinajstić information content (AvgIpc) is 2.26. The molecule has 0 aliphatic heterocycles. The molecule has 2 atom stereocenters. The highest BCUT2D eigenvalue weighted by molar-refractivity contribution is 7.86. The molecule has 18 heavy (non-hydrogen) atoms. The molecule has 0 radical (unpaired) electrons. The molecule has 0 bridgehead atoms. The molecule has 0 amide bonds. The first-order chi connectivity index (χ1) is 8.32. The van der Waals surface area contributed by atoms with Crippen LogP contribution in [0, 0.1) is 10.1 Å². The summed E-state index contributed by atoms with van der Waals surface area (Å²) in [5, 5.41) is 19.3. The van der Waals surface area contributed by atoms with Gasteiger partial charge in [-0.3, -0.25) is 23.3 Å². The van der Waals surface area contributed by atoms with Crippen LogP contribution in [-0.4, -0.2) is 36.4 Å². The third-order valence-electron chi connectivity index (χ3n) is 1.96. The van der Waals surface area contributed by atoms with Crippen LogP contribution in [0.25, 0.3) is 0 Å². The molecule has 0 aliphatic carbocycles. The molecule has 0 saturated heterocycles. The van der Waals surface area contributed by atoms with Crippen molar-refractivity contribution in [2.45, 2.75) is 9.79 Å². The molecule has 9 heteroatoms. The topological polar surface area (TPSA) is 115 Å². The van der Waals surface area contributed by atoms with Gasteiger partial charge >= 0.3 is 5.97 Å². The Morgan fingerprint density at radius 1 is 1.44 bits per heavy atom. The molecule has 0 heterocycles. The second kappa shape index (κ2) is 5.83. The van der Waals surface area contributed by atoms with Gasteiger partial charge in [0.1, 0.15) is 10.6 Å². The molecule has 98 valence electrons. The smallest absolute Gasteiger partial charge is 0.316 e. The first-order valence-electron chi connectivity index (χ1n) is 4.55. The van der Waals surface area contributed by atoms with Crippen LogP contribution in [0.5, 0.6) is 0 Å². The maximum absolute atomic E-state index is 11.6. The summed E-state index contributed by atoms with van der Waals surface area (Å²) in [6.07, 6.45) is 1.35. The Kier molecular flexibility index (Phi) is 4.68. The van der Waals surface area contributed by atoms with E-state index in [9.17, 15) is 23.3 Å². The van der Waals surface area contributed by atoms with Crippen LogP contribution in [0.15, 0.2) is 28.0 Å². The average molecular weight is 291 g/mol. The van der Waals surface area contributed by atoms with Crippen LogP contribution >= 0.6 is 0 Å². The van der Waals surface area contributed by atoms with Gasteiger partial charge in [-0.2, -0.15) is 0 Å². The summed E-state index contributed by atoms with van der Waals surface area (Å²) in [6, 6.07) is 3.55. The molecule has 0 fully saturated rings. The number of aliphatic carboxylic acids is 1. The normalized spacial score (nSPS) is 13.8. The van der Waals surface area contributed by atoms with Crippen molar-refractivity contribution in [3.05, 3.63) is 28.3 Å². The van der Waals surface area contributed by atoms with Crippen LogP contribution in [-0.2, 0) is 26.4 Å². The van der Waals surface area contributed by atoms with Crippen molar-refractivity contribution < 1.29 is 23.2 Å². The third-order valence-corrected chi connectivity index (χ3v) is 4.22. The molecule has 1 rings (SSSR count). The van der Waals surface area contributed by atoms with Crippen molar-refractivity contribution in [1.82, 2.24) is 0 Å². The molecule has 1 N–H and O–H groups in total. The number of hydrogen-bond acceptors (Lipinski definition) is 5. The van der Waals surface area contributed by atoms with E-state index in [0.717, 1.165) is 6.07 Å². The van der Waals surface area contributed by atoms with Crippen LogP contribution < -0.4 is 0 Å². The van der Waals surface area contributed by atoms with Gasteiger partial charge in [0, 0.05) is 17.2 Å². The number of rotatable bonds is 5. The van der Waals surface area contributed by atoms with E-state index in [1.807, 2.05) is 0 Å². The van der Waals surface area contributed by atoms with Gasteiger partial charge in [0.05, 0.1) is 26.5 Å². The lowest BCUT2D eigenvalue weighted by atomic mass is 10.3. The Morgan fingerprint density at radius 2 is 2.06 bits per heavy atom. The van der Waals surface area contributed by atoms with E-state index >= 15 is 0 Å². The molecule has 1 aromatic rings. The zero-order valence-corrected chi connectivity index (χ0v) is 10.8. The first-order valence-corrected chi connectivity index (χ1v) is 7.42. The summed E-state index contributed by atoms with van der Waals surface area (Å²) in [5.41, 5.74) is -0.484. The number of carboxylic acid groups (broad SMARTS) is 1. The summed E-state index contributed by atoms with van der Waals surface area (Å²) in [4.78, 5) is 20.5. The molecule has 0 spiro atoms. The van der Waals surface area contributed by atoms with E-state index < -0.39 is 43.9 Å². The lowest BCUT2D eigenvalue weighted by Crippen LogP contribution is -2.11. The first kappa shape index (κ1) is 14.5. The fraction of sp³-hybridized carbons (Fsp3) is 0.222. The number of carbonyl (C=O) groups is 1. The molecular weight excluding hydrogens is 282 g/mol. The highest BCUT2D eigenvalue weighted by atomic mass is 32.2. The second-order valence-electron chi connectivity index (χ2n) is 3.22. The van der Waals surface area contributed by atoms with Crippen molar-refractivity contribution in [3.63, 3.8) is 0 Å². The summed E-state index contributed by atoms with van der Waals surface area (Å²) in [7, 11) is -3.42. The second-order valence-corrected chi connectivity index (χ2v) is 6.02. The van der Waals surface area contributed by atoms with Gasteiger partial charge in [-0.25, -0.2) is 0 Å². The van der Waals surface area contributed by atoms with Gasteiger partial charge in [0.25, 0.3) is 5.69 Å². The summed E-state index contributed by atoms with van der Waals surface area (Å²) >= 11 is 0. The van der Waals surface area contributed by atoms with Crippen LogP contribution in [0.1, 0.15) is 0 Å². The lowest BCUT2D eigenvalue weighted by molar-refractivity contribution is -0.388. The number of nitro benzene ring substituents is 1. The maximum atomic E-state index is 11.6. The molecule has 0 aromatic heterocycles.